The van der Waals surface area contributed by atoms with Gasteiger partial charge in [0.15, 0.2) is 0 Å². The molecule has 13 heavy (non-hydrogen) atoms. The van der Waals surface area contributed by atoms with Crippen LogP contribution in [0.3, 0.4) is 0 Å². The summed E-state index contributed by atoms with van der Waals surface area (Å²) in [6, 6.07) is 1.83. The predicted molar refractivity (Wildman–Crippen MR) is 44.9 cm³/mol. The zero-order valence-electron chi connectivity index (χ0n) is 7.10. The van der Waals surface area contributed by atoms with Crippen LogP contribution in [0.5, 0.6) is 0 Å². The Hall–Kier alpha value is -1.53. The number of aromatic amines is 1. The van der Waals surface area contributed by atoms with Gasteiger partial charge in [0.05, 0.1) is 6.54 Å². The molecule has 0 amide bonds. The summed E-state index contributed by atoms with van der Waals surface area (Å²) in [5.74, 6) is 0. The van der Waals surface area contributed by atoms with Crippen LogP contribution in [0.4, 0.5) is 0 Å². The number of rotatable bonds is 2. The molecule has 2 aromatic rings. The fourth-order valence-electron chi connectivity index (χ4n) is 1.13. The largest absolute Gasteiger partial charge is 0.314 e. The highest BCUT2D eigenvalue weighted by molar-refractivity contribution is 5.68. The Balaban J connectivity index is 2.37. The molecule has 0 aromatic carbocycles. The number of hydrogen-bond donors (Lipinski definition) is 2. The second-order valence-corrected chi connectivity index (χ2v) is 2.83. The summed E-state index contributed by atoms with van der Waals surface area (Å²) in [7, 11) is 1.58. The Kier molecular flexibility index (Phi) is 1.91. The third-order valence-corrected chi connectivity index (χ3v) is 1.64. The van der Waals surface area contributed by atoms with Crippen molar-refractivity contribution in [2.45, 2.75) is 6.54 Å². The highest BCUT2D eigenvalue weighted by Gasteiger charge is 2.02. The Morgan fingerprint density at radius 1 is 1.54 bits per heavy atom. The monoisotopic (exact) mass is 179 g/mol. The Morgan fingerprint density at radius 3 is 3.15 bits per heavy atom. The van der Waals surface area contributed by atoms with E-state index in [-0.39, 0.29) is 0 Å². The smallest absolute Gasteiger partial charge is 0.201 e. The molecule has 0 saturated carbocycles. The Bertz CT molecular complexity index is 410. The van der Waals surface area contributed by atoms with Crippen molar-refractivity contribution in [1.29, 1.82) is 0 Å². The molecule has 2 N–H and O–H groups in total. The van der Waals surface area contributed by atoms with E-state index in [2.05, 4.69) is 20.4 Å². The molecule has 2 heterocycles. The van der Waals surface area contributed by atoms with Gasteiger partial charge in [-0.2, -0.15) is 15.4 Å². The molecule has 6 heteroatoms. The van der Waals surface area contributed by atoms with Gasteiger partial charge in [0, 0.05) is 13.2 Å². The van der Waals surface area contributed by atoms with Gasteiger partial charge in [0.1, 0.15) is 5.52 Å². The van der Waals surface area contributed by atoms with Crippen molar-refractivity contribution in [3.63, 3.8) is 0 Å². The summed E-state index contributed by atoms with van der Waals surface area (Å²) in [5.41, 5.74) is 2.19. The number of nitrogens with one attached hydrogen (secondary N) is 1. The van der Waals surface area contributed by atoms with E-state index in [4.69, 9.17) is 5.21 Å². The highest BCUT2D eigenvalue weighted by Crippen LogP contribution is 2.07. The van der Waals surface area contributed by atoms with E-state index in [0.717, 1.165) is 10.6 Å². The van der Waals surface area contributed by atoms with Crippen molar-refractivity contribution in [2.75, 3.05) is 7.05 Å². The van der Waals surface area contributed by atoms with Gasteiger partial charge < -0.3 is 5.21 Å². The highest BCUT2D eigenvalue weighted by atomic mass is 16.5. The van der Waals surface area contributed by atoms with Gasteiger partial charge in [-0.3, -0.25) is 0 Å². The van der Waals surface area contributed by atoms with Gasteiger partial charge in [-0.1, -0.05) is 0 Å². The molecule has 0 bridgehead atoms. The quantitative estimate of drug-likeness (QED) is 0.643. The number of aromatic nitrogens is 4. The normalized spacial score (nSPS) is 11.3. The molecule has 2 rings (SSSR count). The van der Waals surface area contributed by atoms with Gasteiger partial charge in [-0.05, 0) is 11.6 Å². The zero-order valence-corrected chi connectivity index (χ0v) is 7.10. The van der Waals surface area contributed by atoms with Crippen LogP contribution in [0.2, 0.25) is 0 Å². The van der Waals surface area contributed by atoms with Gasteiger partial charge in [-0.15, -0.1) is 5.10 Å². The van der Waals surface area contributed by atoms with Crippen LogP contribution in [0, 0.1) is 0 Å². The molecule has 0 spiro atoms. The first kappa shape index (κ1) is 8.09. The molecular weight excluding hydrogens is 170 g/mol. The number of pyridine rings is 1. The van der Waals surface area contributed by atoms with Crippen molar-refractivity contribution < 1.29 is 5.21 Å². The van der Waals surface area contributed by atoms with Gasteiger partial charge in [0.2, 0.25) is 5.65 Å². The minimum absolute atomic E-state index is 0.426. The average Bonchev–Trinajstić information content (AvgIpc) is 2.49. The number of nitrogens with zero attached hydrogens (tertiary/aromatic N) is 4. The molecule has 0 atom stereocenters. The SMILES string of the molecule is CN(O)Cc1cnc2n[nH]nc2c1. The van der Waals surface area contributed by atoms with E-state index in [1.165, 1.54) is 0 Å². The lowest BCUT2D eigenvalue weighted by Crippen LogP contribution is -2.11. The van der Waals surface area contributed by atoms with E-state index in [1.807, 2.05) is 6.07 Å². The first-order chi connectivity index (χ1) is 6.25. The lowest BCUT2D eigenvalue weighted by molar-refractivity contribution is -0.0731. The minimum Gasteiger partial charge on any atom is -0.314 e. The van der Waals surface area contributed by atoms with Crippen LogP contribution in [0.15, 0.2) is 12.3 Å². The molecule has 0 radical (unpaired) electrons. The Labute approximate surface area is 74.2 Å². The summed E-state index contributed by atoms with van der Waals surface area (Å²) in [4.78, 5) is 4.05. The second-order valence-electron chi connectivity index (χ2n) is 2.83. The van der Waals surface area contributed by atoms with Crippen LogP contribution in [0.25, 0.3) is 11.2 Å². The fraction of sp³-hybridized carbons (Fsp3) is 0.286. The molecule has 6 nitrogen and oxygen atoms in total. The molecule has 2 aromatic heterocycles. The molecule has 68 valence electrons. The van der Waals surface area contributed by atoms with E-state index in [9.17, 15) is 0 Å². The van der Waals surface area contributed by atoms with Crippen LogP contribution in [-0.2, 0) is 6.54 Å². The zero-order chi connectivity index (χ0) is 9.26. The third kappa shape index (κ3) is 1.63. The topological polar surface area (TPSA) is 77.9 Å². The molecule has 0 aliphatic carbocycles. The molecule has 0 fully saturated rings. The van der Waals surface area contributed by atoms with E-state index < -0.39 is 0 Å². The van der Waals surface area contributed by atoms with Crippen molar-refractivity contribution >= 4 is 11.2 Å². The van der Waals surface area contributed by atoms with E-state index in [1.54, 1.807) is 13.2 Å². The van der Waals surface area contributed by atoms with Crippen LogP contribution in [0.1, 0.15) is 5.56 Å². The van der Waals surface area contributed by atoms with Crippen LogP contribution >= 0.6 is 0 Å². The third-order valence-electron chi connectivity index (χ3n) is 1.64. The minimum atomic E-state index is 0.426. The summed E-state index contributed by atoms with van der Waals surface area (Å²) < 4.78 is 0. The maximum Gasteiger partial charge on any atom is 0.201 e. The summed E-state index contributed by atoms with van der Waals surface area (Å²) >= 11 is 0. The maximum absolute atomic E-state index is 8.99. The first-order valence-corrected chi connectivity index (χ1v) is 3.81. The summed E-state index contributed by atoms with van der Waals surface area (Å²) in [6.45, 7) is 0.426. The fourth-order valence-corrected chi connectivity index (χ4v) is 1.13. The van der Waals surface area contributed by atoms with Gasteiger partial charge in [0.25, 0.3) is 0 Å². The average molecular weight is 179 g/mol. The van der Waals surface area contributed by atoms with E-state index >= 15 is 0 Å². The predicted octanol–water partition coefficient (Wildman–Crippen LogP) is 0.174. The second kappa shape index (κ2) is 3.08. The standard InChI is InChI=1S/C7H9N5O/c1-12(13)4-5-2-6-7(8-3-5)10-11-9-6/h2-3,13H,4H2,1H3,(H,8,9,10,11). The molecule has 0 aliphatic heterocycles. The van der Waals surface area contributed by atoms with Crippen molar-refractivity contribution in [3.05, 3.63) is 17.8 Å². The summed E-state index contributed by atoms with van der Waals surface area (Å²) in [6.07, 6.45) is 1.66. The molecular formula is C7H9N5O. The Morgan fingerprint density at radius 2 is 2.38 bits per heavy atom. The number of fused-ring (bicyclic) bond motifs is 1. The van der Waals surface area contributed by atoms with Crippen LogP contribution in [-0.4, -0.2) is 37.7 Å². The maximum atomic E-state index is 8.99. The van der Waals surface area contributed by atoms with Crippen LogP contribution < -0.4 is 0 Å². The number of hydroxylamine groups is 2. The van der Waals surface area contributed by atoms with Gasteiger partial charge >= 0.3 is 0 Å². The number of H-pyrrole nitrogens is 1. The lowest BCUT2D eigenvalue weighted by atomic mass is 10.3. The molecule has 0 saturated heterocycles. The van der Waals surface area contributed by atoms with Crippen molar-refractivity contribution in [2.24, 2.45) is 0 Å². The van der Waals surface area contributed by atoms with Crippen molar-refractivity contribution in [1.82, 2.24) is 25.5 Å². The molecule has 0 aliphatic rings. The van der Waals surface area contributed by atoms with Crippen molar-refractivity contribution in [3.8, 4) is 0 Å². The summed E-state index contributed by atoms with van der Waals surface area (Å²) in [5, 5.41) is 20.3. The lowest BCUT2D eigenvalue weighted by Gasteiger charge is -2.06. The molecule has 0 unspecified atom stereocenters. The van der Waals surface area contributed by atoms with E-state index in [0.29, 0.717) is 17.7 Å². The number of hydrogen-bond acceptors (Lipinski definition) is 5. The first-order valence-electron chi connectivity index (χ1n) is 3.81. The van der Waals surface area contributed by atoms with Gasteiger partial charge in [-0.25, -0.2) is 4.98 Å².